The number of aromatic amines is 1. The molecule has 1 N–H and O–H groups in total. The molecule has 1 aromatic heterocycles. The first-order chi connectivity index (χ1) is 14.9. The number of H-pyrrole nitrogens is 1. The molecule has 1 aliphatic heterocycles. The van der Waals surface area contributed by atoms with Crippen LogP contribution in [-0.2, 0) is 4.74 Å². The Hall–Kier alpha value is -3.00. The molecule has 0 radical (unpaired) electrons. The lowest BCUT2D eigenvalue weighted by atomic mass is 10.1. The van der Waals surface area contributed by atoms with Gasteiger partial charge in [-0.1, -0.05) is 0 Å². The molecule has 0 aliphatic carbocycles. The minimum absolute atomic E-state index is 0.0784. The van der Waals surface area contributed by atoms with E-state index in [1.807, 2.05) is 29.2 Å². The number of benzene rings is 1. The summed E-state index contributed by atoms with van der Waals surface area (Å²) in [6, 6.07) is 7.52. The first-order valence-corrected chi connectivity index (χ1v) is 10.6. The van der Waals surface area contributed by atoms with Crippen LogP contribution in [-0.4, -0.2) is 79.7 Å². The maximum atomic E-state index is 13.0. The van der Waals surface area contributed by atoms with Crippen molar-refractivity contribution in [3.63, 3.8) is 0 Å². The summed E-state index contributed by atoms with van der Waals surface area (Å²) < 4.78 is 16.1. The van der Waals surface area contributed by atoms with Crippen molar-refractivity contribution < 1.29 is 23.8 Å². The largest absolute Gasteiger partial charge is 0.497 e. The number of hydrogen-bond donors (Lipinski definition) is 1. The molecule has 31 heavy (non-hydrogen) atoms. The predicted molar refractivity (Wildman–Crippen MR) is 117 cm³/mol. The number of nitrogens with zero attached hydrogens (tertiary/aromatic N) is 2. The molecule has 8 heteroatoms. The number of rotatable bonds is 8. The molecule has 3 rings (SSSR count). The first kappa shape index (κ1) is 22.7. The number of carbonyl (C=O) groups is 2. The maximum absolute atomic E-state index is 13.0. The molecular formula is C23H31N3O5. The molecule has 8 nitrogen and oxygen atoms in total. The molecule has 1 amide bonds. The van der Waals surface area contributed by atoms with Crippen LogP contribution in [0.2, 0.25) is 0 Å². The molecule has 1 aromatic carbocycles. The Morgan fingerprint density at radius 3 is 2.29 bits per heavy atom. The Morgan fingerprint density at radius 1 is 1.03 bits per heavy atom. The number of nitrogens with one attached hydrogen (secondary N) is 1. The van der Waals surface area contributed by atoms with Crippen LogP contribution >= 0.6 is 0 Å². The summed E-state index contributed by atoms with van der Waals surface area (Å²) in [5, 5.41) is 0. The molecule has 1 saturated heterocycles. The van der Waals surface area contributed by atoms with Crippen molar-refractivity contribution in [1.29, 1.82) is 0 Å². The highest BCUT2D eigenvalue weighted by Gasteiger charge is 2.28. The van der Waals surface area contributed by atoms with E-state index in [1.165, 1.54) is 0 Å². The van der Waals surface area contributed by atoms with Crippen LogP contribution in [0.25, 0.3) is 0 Å². The number of carbonyl (C=O) groups excluding carboxylic acids is 2. The highest BCUT2D eigenvalue weighted by molar-refractivity contribution is 6.00. The Labute approximate surface area is 183 Å². The van der Waals surface area contributed by atoms with Gasteiger partial charge >= 0.3 is 5.97 Å². The lowest BCUT2D eigenvalue weighted by molar-refractivity contribution is 0.0525. The van der Waals surface area contributed by atoms with Gasteiger partial charge in [-0.3, -0.25) is 9.69 Å². The smallest absolute Gasteiger partial charge is 0.340 e. The van der Waals surface area contributed by atoms with Crippen LogP contribution in [0.15, 0.2) is 24.3 Å². The van der Waals surface area contributed by atoms with Crippen LogP contribution in [0.5, 0.6) is 11.5 Å². The van der Waals surface area contributed by atoms with E-state index in [4.69, 9.17) is 14.2 Å². The highest BCUT2D eigenvalue weighted by atomic mass is 16.5. The fourth-order valence-electron chi connectivity index (χ4n) is 3.77. The van der Waals surface area contributed by atoms with Gasteiger partial charge in [0.05, 0.1) is 19.3 Å². The lowest BCUT2D eigenvalue weighted by Gasteiger charge is -2.34. The van der Waals surface area contributed by atoms with Crippen molar-refractivity contribution in [2.24, 2.45) is 0 Å². The normalized spacial score (nSPS) is 14.4. The topological polar surface area (TPSA) is 84.1 Å². The molecule has 2 heterocycles. The number of hydrogen-bond acceptors (Lipinski definition) is 6. The average molecular weight is 430 g/mol. The van der Waals surface area contributed by atoms with Crippen LogP contribution in [0.4, 0.5) is 0 Å². The quantitative estimate of drug-likeness (QED) is 0.650. The summed E-state index contributed by atoms with van der Waals surface area (Å²) in [7, 11) is 1.64. The zero-order valence-electron chi connectivity index (χ0n) is 18.7. The van der Waals surface area contributed by atoms with Crippen LogP contribution in [0.3, 0.4) is 0 Å². The third kappa shape index (κ3) is 5.38. The number of ether oxygens (including phenoxy) is 3. The maximum Gasteiger partial charge on any atom is 0.340 e. The highest BCUT2D eigenvalue weighted by Crippen LogP contribution is 2.21. The van der Waals surface area contributed by atoms with E-state index in [-0.39, 0.29) is 5.91 Å². The first-order valence-electron chi connectivity index (χ1n) is 10.6. The van der Waals surface area contributed by atoms with Gasteiger partial charge in [-0.05, 0) is 50.6 Å². The predicted octanol–water partition coefficient (Wildman–Crippen LogP) is 2.65. The fourth-order valence-corrected chi connectivity index (χ4v) is 3.77. The van der Waals surface area contributed by atoms with Gasteiger partial charge in [0.15, 0.2) is 0 Å². The van der Waals surface area contributed by atoms with Gasteiger partial charge in [0.1, 0.15) is 23.8 Å². The van der Waals surface area contributed by atoms with E-state index in [9.17, 15) is 9.59 Å². The third-order valence-corrected chi connectivity index (χ3v) is 5.53. The van der Waals surface area contributed by atoms with E-state index >= 15 is 0 Å². The molecule has 0 atom stereocenters. The van der Waals surface area contributed by atoms with Crippen molar-refractivity contribution in [1.82, 2.24) is 14.8 Å². The van der Waals surface area contributed by atoms with Crippen LogP contribution < -0.4 is 9.47 Å². The molecule has 0 unspecified atom stereocenters. The number of piperazine rings is 1. The Balaban J connectivity index is 1.49. The van der Waals surface area contributed by atoms with Gasteiger partial charge < -0.3 is 24.1 Å². The van der Waals surface area contributed by atoms with Gasteiger partial charge in [-0.15, -0.1) is 0 Å². The molecule has 0 spiro atoms. The van der Waals surface area contributed by atoms with Gasteiger partial charge in [0, 0.05) is 38.4 Å². The van der Waals surface area contributed by atoms with E-state index in [2.05, 4.69) is 9.88 Å². The third-order valence-electron chi connectivity index (χ3n) is 5.53. The zero-order chi connectivity index (χ0) is 22.4. The minimum Gasteiger partial charge on any atom is -0.497 e. The number of amides is 1. The van der Waals surface area contributed by atoms with E-state index in [0.717, 1.165) is 31.1 Å². The van der Waals surface area contributed by atoms with Crippen LogP contribution in [0, 0.1) is 13.8 Å². The zero-order valence-corrected chi connectivity index (χ0v) is 18.7. The van der Waals surface area contributed by atoms with E-state index in [1.54, 1.807) is 27.9 Å². The Morgan fingerprint density at radius 2 is 1.68 bits per heavy atom. The van der Waals surface area contributed by atoms with Crippen LogP contribution in [0.1, 0.15) is 39.0 Å². The second-order valence-corrected chi connectivity index (χ2v) is 7.50. The second kappa shape index (κ2) is 10.3. The fraction of sp³-hybridized carbons (Fsp3) is 0.478. The minimum atomic E-state index is -0.394. The number of esters is 1. The standard InChI is InChI=1S/C23H31N3O5/c1-5-30-23(28)20-16(2)21(24-17(20)3)22(27)26-12-10-25(11-13-26)14-15-31-19-8-6-18(29-4)7-9-19/h6-9,24H,5,10-15H2,1-4H3. The molecule has 2 aromatic rings. The van der Waals surface area contributed by atoms with E-state index < -0.39 is 5.97 Å². The van der Waals surface area contributed by atoms with Crippen molar-refractivity contribution in [2.75, 3.05) is 53.0 Å². The van der Waals surface area contributed by atoms with Gasteiger partial charge in [0.2, 0.25) is 0 Å². The number of aromatic nitrogens is 1. The average Bonchev–Trinajstić information content (AvgIpc) is 3.08. The van der Waals surface area contributed by atoms with Crippen molar-refractivity contribution in [3.8, 4) is 11.5 Å². The number of aryl methyl sites for hydroxylation is 1. The number of methoxy groups -OCH3 is 1. The summed E-state index contributed by atoms with van der Waals surface area (Å²) in [4.78, 5) is 32.4. The molecule has 0 bridgehead atoms. The van der Waals surface area contributed by atoms with Gasteiger partial charge in [-0.25, -0.2) is 4.79 Å². The van der Waals surface area contributed by atoms with Gasteiger partial charge in [-0.2, -0.15) is 0 Å². The molecule has 0 saturated carbocycles. The molecule has 1 fully saturated rings. The summed E-state index contributed by atoms with van der Waals surface area (Å²) in [5.74, 6) is 1.14. The second-order valence-electron chi connectivity index (χ2n) is 7.50. The molecule has 1 aliphatic rings. The van der Waals surface area contributed by atoms with E-state index in [0.29, 0.717) is 48.8 Å². The van der Waals surface area contributed by atoms with Gasteiger partial charge in [0.25, 0.3) is 5.91 Å². The Kier molecular flexibility index (Phi) is 7.57. The summed E-state index contributed by atoms with van der Waals surface area (Å²) in [6.07, 6.45) is 0. The molecular weight excluding hydrogens is 398 g/mol. The summed E-state index contributed by atoms with van der Waals surface area (Å²) in [5.41, 5.74) is 2.24. The molecule has 168 valence electrons. The Bertz CT molecular complexity index is 899. The monoisotopic (exact) mass is 429 g/mol. The lowest BCUT2D eigenvalue weighted by Crippen LogP contribution is -2.49. The van der Waals surface area contributed by atoms with Crippen molar-refractivity contribution >= 4 is 11.9 Å². The summed E-state index contributed by atoms with van der Waals surface area (Å²) >= 11 is 0. The van der Waals surface area contributed by atoms with Crippen molar-refractivity contribution in [2.45, 2.75) is 20.8 Å². The van der Waals surface area contributed by atoms with Crippen molar-refractivity contribution in [3.05, 3.63) is 46.8 Å². The summed E-state index contributed by atoms with van der Waals surface area (Å²) in [6.45, 7) is 9.84. The SMILES string of the molecule is CCOC(=O)c1c(C)[nH]c(C(=O)N2CCN(CCOc3ccc(OC)cc3)CC2)c1C.